The molecule has 5 nitrogen and oxygen atoms in total. The molecule has 0 radical (unpaired) electrons. The predicted molar refractivity (Wildman–Crippen MR) is 82.4 cm³/mol. The molecule has 1 saturated carbocycles. The normalized spacial score (nSPS) is 18.9. The second-order valence-corrected chi connectivity index (χ2v) is 6.54. The van der Waals surface area contributed by atoms with E-state index in [1.165, 1.54) is 24.2 Å². The molecule has 0 unspecified atom stereocenters. The number of hydrogen-bond donors (Lipinski definition) is 1. The minimum Gasteiger partial charge on any atom is -0.338 e. The van der Waals surface area contributed by atoms with E-state index in [1.54, 1.807) is 0 Å². The molecule has 2 fully saturated rings. The molecular formula is C15H21N3O2S. The van der Waals surface area contributed by atoms with Crippen LogP contribution in [-0.2, 0) is 4.79 Å². The lowest BCUT2D eigenvalue weighted by molar-refractivity contribution is -0.131. The third-order valence-electron chi connectivity index (χ3n) is 4.09. The summed E-state index contributed by atoms with van der Waals surface area (Å²) in [5, 5.41) is 7.02. The van der Waals surface area contributed by atoms with Crippen molar-refractivity contribution in [1.29, 1.82) is 0 Å². The molecule has 1 saturated heterocycles. The molecule has 1 N–H and O–H groups in total. The highest BCUT2D eigenvalue weighted by Crippen LogP contribution is 2.27. The first-order valence-electron chi connectivity index (χ1n) is 7.54. The first kappa shape index (κ1) is 14.5. The monoisotopic (exact) mass is 307 g/mol. The Bertz CT molecular complexity index is 491. The Kier molecular flexibility index (Phi) is 4.55. The summed E-state index contributed by atoms with van der Waals surface area (Å²) in [6, 6.07) is 1.85. The molecule has 114 valence electrons. The van der Waals surface area contributed by atoms with Crippen molar-refractivity contribution in [1.82, 2.24) is 15.1 Å². The number of nitrogens with zero attached hydrogens (tertiary/aromatic N) is 2. The van der Waals surface area contributed by atoms with Gasteiger partial charge in [-0.3, -0.25) is 9.59 Å². The molecule has 2 amide bonds. The third kappa shape index (κ3) is 3.83. The van der Waals surface area contributed by atoms with Gasteiger partial charge in [0.05, 0.1) is 12.1 Å². The smallest absolute Gasteiger partial charge is 0.254 e. The minimum atomic E-state index is 0.0789. The Morgan fingerprint density at radius 1 is 1.19 bits per heavy atom. The lowest BCUT2D eigenvalue weighted by atomic mass is 10.2. The standard InChI is InChI=1S/C15H21N3O2S/c19-14(10-16-9-12-1-2-12)17-4-6-18(7-5-17)15(20)13-3-8-21-11-13/h3,8,11-12,16H,1-2,4-7,9-10H2. The highest BCUT2D eigenvalue weighted by Gasteiger charge is 2.25. The van der Waals surface area contributed by atoms with Crippen LogP contribution >= 0.6 is 11.3 Å². The molecule has 0 spiro atoms. The Morgan fingerprint density at radius 2 is 1.90 bits per heavy atom. The van der Waals surface area contributed by atoms with Crippen LogP contribution in [0.5, 0.6) is 0 Å². The maximum Gasteiger partial charge on any atom is 0.254 e. The quantitative estimate of drug-likeness (QED) is 0.884. The van der Waals surface area contributed by atoms with E-state index in [0.717, 1.165) is 18.0 Å². The number of nitrogens with one attached hydrogen (secondary N) is 1. The lowest BCUT2D eigenvalue weighted by Gasteiger charge is -2.34. The highest BCUT2D eigenvalue weighted by atomic mass is 32.1. The second kappa shape index (κ2) is 6.58. The summed E-state index contributed by atoms with van der Waals surface area (Å²) in [6.45, 7) is 3.92. The predicted octanol–water partition coefficient (Wildman–Crippen LogP) is 1.03. The molecule has 21 heavy (non-hydrogen) atoms. The Balaban J connectivity index is 1.41. The third-order valence-corrected chi connectivity index (χ3v) is 4.78. The summed E-state index contributed by atoms with van der Waals surface area (Å²) in [7, 11) is 0. The Labute approximate surface area is 128 Å². The van der Waals surface area contributed by atoms with Crippen LogP contribution in [0.1, 0.15) is 23.2 Å². The molecule has 1 aromatic rings. The SMILES string of the molecule is O=C(CNCC1CC1)N1CCN(C(=O)c2ccsc2)CC1. The molecule has 1 aliphatic heterocycles. The largest absolute Gasteiger partial charge is 0.338 e. The minimum absolute atomic E-state index is 0.0789. The van der Waals surface area contributed by atoms with Crippen molar-refractivity contribution < 1.29 is 9.59 Å². The fraction of sp³-hybridized carbons (Fsp3) is 0.600. The zero-order valence-corrected chi connectivity index (χ0v) is 12.9. The van der Waals surface area contributed by atoms with E-state index in [9.17, 15) is 9.59 Å². The number of piperazine rings is 1. The highest BCUT2D eigenvalue weighted by molar-refractivity contribution is 7.08. The van der Waals surface area contributed by atoms with Gasteiger partial charge in [0.2, 0.25) is 5.91 Å². The maximum atomic E-state index is 12.2. The van der Waals surface area contributed by atoms with Crippen LogP contribution in [0.3, 0.4) is 0 Å². The van der Waals surface area contributed by atoms with Gasteiger partial charge in [-0.2, -0.15) is 11.3 Å². The van der Waals surface area contributed by atoms with E-state index >= 15 is 0 Å². The zero-order valence-electron chi connectivity index (χ0n) is 12.1. The molecule has 6 heteroatoms. The van der Waals surface area contributed by atoms with Gasteiger partial charge in [0.15, 0.2) is 0 Å². The summed E-state index contributed by atoms with van der Waals surface area (Å²) in [6.07, 6.45) is 2.59. The second-order valence-electron chi connectivity index (χ2n) is 5.76. The first-order valence-corrected chi connectivity index (χ1v) is 8.48. The van der Waals surface area contributed by atoms with Crippen molar-refractivity contribution in [2.45, 2.75) is 12.8 Å². The van der Waals surface area contributed by atoms with Gasteiger partial charge in [0.1, 0.15) is 0 Å². The van der Waals surface area contributed by atoms with Gasteiger partial charge < -0.3 is 15.1 Å². The fourth-order valence-corrected chi connectivity index (χ4v) is 3.17. The summed E-state index contributed by atoms with van der Waals surface area (Å²) in [5.41, 5.74) is 0.755. The number of thiophene rings is 1. The summed E-state index contributed by atoms with van der Waals surface area (Å²) in [5.74, 6) is 1.02. The van der Waals surface area contributed by atoms with Gasteiger partial charge in [0, 0.05) is 31.6 Å². The molecule has 3 rings (SSSR count). The van der Waals surface area contributed by atoms with Gasteiger partial charge in [-0.15, -0.1) is 0 Å². The van der Waals surface area contributed by atoms with Gasteiger partial charge in [0.25, 0.3) is 5.91 Å². The average molecular weight is 307 g/mol. The van der Waals surface area contributed by atoms with E-state index in [2.05, 4.69) is 5.32 Å². The average Bonchev–Trinajstić information content (AvgIpc) is 3.17. The van der Waals surface area contributed by atoms with Crippen LogP contribution in [0.2, 0.25) is 0 Å². The van der Waals surface area contributed by atoms with Crippen LogP contribution in [0.4, 0.5) is 0 Å². The zero-order chi connectivity index (χ0) is 14.7. The van der Waals surface area contributed by atoms with Crippen LogP contribution in [0, 0.1) is 5.92 Å². The number of hydrogen-bond acceptors (Lipinski definition) is 4. The van der Waals surface area contributed by atoms with Crippen molar-refractivity contribution >= 4 is 23.2 Å². The Hall–Kier alpha value is -1.40. The van der Waals surface area contributed by atoms with Crippen LogP contribution < -0.4 is 5.32 Å². The van der Waals surface area contributed by atoms with Crippen molar-refractivity contribution in [3.05, 3.63) is 22.4 Å². The first-order chi connectivity index (χ1) is 10.2. The molecular weight excluding hydrogens is 286 g/mol. The van der Waals surface area contributed by atoms with Crippen molar-refractivity contribution in [2.24, 2.45) is 5.92 Å². The van der Waals surface area contributed by atoms with E-state index in [0.29, 0.717) is 32.7 Å². The number of rotatable bonds is 5. The molecule has 1 aliphatic carbocycles. The topological polar surface area (TPSA) is 52.7 Å². The van der Waals surface area contributed by atoms with E-state index < -0.39 is 0 Å². The van der Waals surface area contributed by atoms with Gasteiger partial charge in [-0.05, 0) is 36.8 Å². The molecule has 0 atom stereocenters. The number of amides is 2. The molecule has 0 aromatic carbocycles. The molecule has 1 aromatic heterocycles. The van der Waals surface area contributed by atoms with Crippen molar-refractivity contribution in [2.75, 3.05) is 39.3 Å². The summed E-state index contributed by atoms with van der Waals surface area (Å²) in [4.78, 5) is 28.0. The maximum absolute atomic E-state index is 12.2. The summed E-state index contributed by atoms with van der Waals surface area (Å²) < 4.78 is 0. The lowest BCUT2D eigenvalue weighted by Crippen LogP contribution is -2.52. The fourth-order valence-electron chi connectivity index (χ4n) is 2.54. The molecule has 2 aliphatic rings. The van der Waals surface area contributed by atoms with Crippen molar-refractivity contribution in [3.8, 4) is 0 Å². The number of carbonyl (C=O) groups is 2. The van der Waals surface area contributed by atoms with Gasteiger partial charge >= 0.3 is 0 Å². The van der Waals surface area contributed by atoms with Gasteiger partial charge in [-0.25, -0.2) is 0 Å². The Morgan fingerprint density at radius 3 is 2.52 bits per heavy atom. The van der Waals surface area contributed by atoms with E-state index in [1.807, 2.05) is 26.6 Å². The van der Waals surface area contributed by atoms with Crippen LogP contribution in [0.15, 0.2) is 16.8 Å². The van der Waals surface area contributed by atoms with Crippen LogP contribution in [0.25, 0.3) is 0 Å². The van der Waals surface area contributed by atoms with E-state index in [4.69, 9.17) is 0 Å². The molecule has 2 heterocycles. The van der Waals surface area contributed by atoms with Crippen LogP contribution in [-0.4, -0.2) is 60.9 Å². The van der Waals surface area contributed by atoms with E-state index in [-0.39, 0.29) is 11.8 Å². The molecule has 0 bridgehead atoms. The van der Waals surface area contributed by atoms with Crippen molar-refractivity contribution in [3.63, 3.8) is 0 Å². The number of carbonyl (C=O) groups excluding carboxylic acids is 2. The van der Waals surface area contributed by atoms with Gasteiger partial charge in [-0.1, -0.05) is 0 Å². The summed E-state index contributed by atoms with van der Waals surface area (Å²) >= 11 is 1.53.